The lowest BCUT2D eigenvalue weighted by Gasteiger charge is -2.37. The van der Waals surface area contributed by atoms with Crippen LogP contribution in [0.5, 0.6) is 0 Å². The molecule has 0 saturated heterocycles. The van der Waals surface area contributed by atoms with Gasteiger partial charge < -0.3 is 10.4 Å². The highest BCUT2D eigenvalue weighted by Gasteiger charge is 2.34. The zero-order chi connectivity index (χ0) is 14.7. The largest absolute Gasteiger partial charge is 0.389 e. The maximum Gasteiger partial charge on any atom is 0.0771 e. The van der Waals surface area contributed by atoms with Crippen LogP contribution in [0.1, 0.15) is 37.8 Å². The normalized spacial score (nSPS) is 18.0. The van der Waals surface area contributed by atoms with Crippen LogP contribution in [-0.4, -0.2) is 17.3 Å². The molecule has 0 heterocycles. The number of benzene rings is 2. The summed E-state index contributed by atoms with van der Waals surface area (Å²) in [6, 6.07) is 19.4. The second-order valence-electron chi connectivity index (χ2n) is 6.17. The van der Waals surface area contributed by atoms with E-state index >= 15 is 0 Å². The Kier molecular flexibility index (Phi) is 4.09. The summed E-state index contributed by atoms with van der Waals surface area (Å²) >= 11 is 0. The first-order valence-corrected chi connectivity index (χ1v) is 7.77. The molecule has 0 bridgehead atoms. The van der Waals surface area contributed by atoms with Crippen LogP contribution in [0.2, 0.25) is 0 Å². The Balaban J connectivity index is 1.63. The Bertz CT molecular complexity index is 572. The zero-order valence-electron chi connectivity index (χ0n) is 12.5. The average molecular weight is 281 g/mol. The van der Waals surface area contributed by atoms with Crippen LogP contribution in [0.25, 0.3) is 11.1 Å². The van der Waals surface area contributed by atoms with Gasteiger partial charge in [0.2, 0.25) is 0 Å². The summed E-state index contributed by atoms with van der Waals surface area (Å²) in [5.41, 5.74) is 3.29. The number of aliphatic hydroxyl groups is 1. The van der Waals surface area contributed by atoms with Gasteiger partial charge in [-0.1, -0.05) is 54.6 Å². The molecule has 0 radical (unpaired) electrons. The molecule has 3 rings (SSSR count). The van der Waals surface area contributed by atoms with Crippen LogP contribution in [0.4, 0.5) is 0 Å². The van der Waals surface area contributed by atoms with Crippen molar-refractivity contribution in [2.45, 2.75) is 37.8 Å². The van der Waals surface area contributed by atoms with Crippen molar-refractivity contribution in [3.8, 4) is 11.1 Å². The van der Waals surface area contributed by atoms with Crippen molar-refractivity contribution in [1.82, 2.24) is 5.32 Å². The predicted octanol–water partition coefficient (Wildman–Crippen LogP) is 3.92. The molecule has 2 nitrogen and oxygen atoms in total. The van der Waals surface area contributed by atoms with E-state index in [0.29, 0.717) is 6.54 Å². The summed E-state index contributed by atoms with van der Waals surface area (Å²) in [7, 11) is 0. The topological polar surface area (TPSA) is 32.3 Å². The lowest BCUT2D eigenvalue weighted by atomic mass is 9.80. The van der Waals surface area contributed by atoms with Gasteiger partial charge in [0.15, 0.2) is 0 Å². The standard InChI is InChI=1S/C19H23NO/c1-15(20-14-19(21)12-5-13-19)16-8-10-18(11-9-16)17-6-3-2-4-7-17/h2-4,6-11,15,20-21H,5,12-14H2,1H3. The van der Waals surface area contributed by atoms with Gasteiger partial charge in [-0.3, -0.25) is 0 Å². The Morgan fingerprint density at radius 1 is 1.00 bits per heavy atom. The molecule has 2 aromatic rings. The minimum atomic E-state index is -0.460. The molecule has 1 fully saturated rings. The molecule has 110 valence electrons. The smallest absolute Gasteiger partial charge is 0.0771 e. The molecule has 1 aliphatic carbocycles. The fourth-order valence-corrected chi connectivity index (χ4v) is 2.82. The van der Waals surface area contributed by atoms with Crippen LogP contribution in [-0.2, 0) is 0 Å². The molecular formula is C19H23NO. The lowest BCUT2D eigenvalue weighted by molar-refractivity contribution is -0.0329. The average Bonchev–Trinajstić information content (AvgIpc) is 2.52. The van der Waals surface area contributed by atoms with Gasteiger partial charge >= 0.3 is 0 Å². The van der Waals surface area contributed by atoms with Crippen molar-refractivity contribution in [1.29, 1.82) is 0 Å². The second-order valence-corrected chi connectivity index (χ2v) is 6.17. The highest BCUT2D eigenvalue weighted by Crippen LogP contribution is 2.31. The van der Waals surface area contributed by atoms with Crippen LogP contribution in [0.15, 0.2) is 54.6 Å². The number of hydrogen-bond acceptors (Lipinski definition) is 2. The molecule has 1 atom stereocenters. The van der Waals surface area contributed by atoms with Gasteiger partial charge in [0, 0.05) is 12.6 Å². The van der Waals surface area contributed by atoms with Crippen molar-refractivity contribution >= 4 is 0 Å². The fraction of sp³-hybridized carbons (Fsp3) is 0.368. The third-order valence-electron chi connectivity index (χ3n) is 4.54. The van der Waals surface area contributed by atoms with Gasteiger partial charge in [-0.15, -0.1) is 0 Å². The molecule has 0 aliphatic heterocycles. The Labute approximate surface area is 126 Å². The van der Waals surface area contributed by atoms with Crippen LogP contribution >= 0.6 is 0 Å². The van der Waals surface area contributed by atoms with E-state index in [1.165, 1.54) is 16.7 Å². The highest BCUT2D eigenvalue weighted by molar-refractivity contribution is 5.63. The highest BCUT2D eigenvalue weighted by atomic mass is 16.3. The summed E-state index contributed by atoms with van der Waals surface area (Å²) < 4.78 is 0. The summed E-state index contributed by atoms with van der Waals surface area (Å²) in [6.07, 6.45) is 3.01. The van der Waals surface area contributed by atoms with Gasteiger partial charge in [0.1, 0.15) is 0 Å². The molecular weight excluding hydrogens is 258 g/mol. The number of hydrogen-bond donors (Lipinski definition) is 2. The van der Waals surface area contributed by atoms with E-state index in [1.54, 1.807) is 0 Å². The zero-order valence-corrected chi connectivity index (χ0v) is 12.5. The fourth-order valence-electron chi connectivity index (χ4n) is 2.82. The monoisotopic (exact) mass is 281 g/mol. The van der Waals surface area contributed by atoms with E-state index in [2.05, 4.69) is 60.8 Å². The third-order valence-corrected chi connectivity index (χ3v) is 4.54. The third kappa shape index (κ3) is 3.34. The molecule has 0 amide bonds. The first kappa shape index (κ1) is 14.3. The maximum absolute atomic E-state index is 10.1. The molecule has 2 aromatic carbocycles. The Morgan fingerprint density at radius 3 is 2.19 bits per heavy atom. The molecule has 2 heteroatoms. The molecule has 0 spiro atoms. The Hall–Kier alpha value is -1.64. The molecule has 1 aliphatic rings. The molecule has 0 aromatic heterocycles. The van der Waals surface area contributed by atoms with Crippen molar-refractivity contribution in [3.05, 3.63) is 60.2 Å². The van der Waals surface area contributed by atoms with E-state index in [1.807, 2.05) is 6.07 Å². The van der Waals surface area contributed by atoms with Gasteiger partial charge in [-0.25, -0.2) is 0 Å². The van der Waals surface area contributed by atoms with Crippen molar-refractivity contribution < 1.29 is 5.11 Å². The van der Waals surface area contributed by atoms with Crippen LogP contribution in [0.3, 0.4) is 0 Å². The van der Waals surface area contributed by atoms with Crippen molar-refractivity contribution in [2.75, 3.05) is 6.54 Å². The van der Waals surface area contributed by atoms with E-state index in [0.717, 1.165) is 19.3 Å². The van der Waals surface area contributed by atoms with E-state index in [-0.39, 0.29) is 6.04 Å². The minimum absolute atomic E-state index is 0.263. The summed E-state index contributed by atoms with van der Waals surface area (Å²) in [6.45, 7) is 2.84. The van der Waals surface area contributed by atoms with Crippen LogP contribution < -0.4 is 5.32 Å². The first-order chi connectivity index (χ1) is 10.2. The number of nitrogens with one attached hydrogen (secondary N) is 1. The maximum atomic E-state index is 10.1. The lowest BCUT2D eigenvalue weighted by Crippen LogP contribution is -2.46. The molecule has 21 heavy (non-hydrogen) atoms. The van der Waals surface area contributed by atoms with Crippen molar-refractivity contribution in [3.63, 3.8) is 0 Å². The first-order valence-electron chi connectivity index (χ1n) is 7.77. The predicted molar refractivity (Wildman–Crippen MR) is 87.1 cm³/mol. The van der Waals surface area contributed by atoms with Gasteiger partial charge in [0.25, 0.3) is 0 Å². The summed E-state index contributed by atoms with van der Waals surface area (Å²) in [4.78, 5) is 0. The molecule has 1 saturated carbocycles. The van der Waals surface area contributed by atoms with E-state index < -0.39 is 5.60 Å². The van der Waals surface area contributed by atoms with Crippen LogP contribution in [0, 0.1) is 0 Å². The van der Waals surface area contributed by atoms with Gasteiger partial charge in [-0.2, -0.15) is 0 Å². The van der Waals surface area contributed by atoms with E-state index in [4.69, 9.17) is 0 Å². The van der Waals surface area contributed by atoms with Crippen molar-refractivity contribution in [2.24, 2.45) is 0 Å². The SMILES string of the molecule is CC(NCC1(O)CCC1)c1ccc(-c2ccccc2)cc1. The summed E-state index contributed by atoms with van der Waals surface area (Å²) in [5.74, 6) is 0. The van der Waals surface area contributed by atoms with E-state index in [9.17, 15) is 5.11 Å². The molecule has 1 unspecified atom stereocenters. The second kappa shape index (κ2) is 6.00. The van der Waals surface area contributed by atoms with Gasteiger partial charge in [-0.05, 0) is 42.9 Å². The summed E-state index contributed by atoms with van der Waals surface area (Å²) in [5, 5.41) is 13.6. The molecule has 2 N–H and O–H groups in total. The van der Waals surface area contributed by atoms with Gasteiger partial charge in [0.05, 0.1) is 5.60 Å². The minimum Gasteiger partial charge on any atom is -0.389 e. The quantitative estimate of drug-likeness (QED) is 0.870. The Morgan fingerprint density at radius 2 is 1.62 bits per heavy atom. The number of rotatable bonds is 5.